The number of ether oxygens (including phenoxy) is 1. The van der Waals surface area contributed by atoms with Crippen LogP contribution in [0.5, 0.6) is 11.5 Å². The van der Waals surface area contributed by atoms with E-state index in [0.29, 0.717) is 28.1 Å². The van der Waals surface area contributed by atoms with Gasteiger partial charge in [-0.2, -0.15) is 0 Å². The number of aromatic nitrogens is 1. The molecule has 0 atom stereocenters. The number of para-hydroxylation sites is 1. The normalized spacial score (nSPS) is 11.6. The van der Waals surface area contributed by atoms with E-state index in [2.05, 4.69) is 0 Å². The van der Waals surface area contributed by atoms with Gasteiger partial charge >= 0.3 is 0 Å². The van der Waals surface area contributed by atoms with Crippen molar-refractivity contribution >= 4 is 27.5 Å². The highest BCUT2D eigenvalue weighted by Crippen LogP contribution is 2.48. The van der Waals surface area contributed by atoms with E-state index in [-0.39, 0.29) is 11.3 Å². The number of pyridine rings is 1. The van der Waals surface area contributed by atoms with Crippen LogP contribution in [0.3, 0.4) is 0 Å². The summed E-state index contributed by atoms with van der Waals surface area (Å²) in [6.45, 7) is 6.02. The van der Waals surface area contributed by atoms with Crippen LogP contribution in [0, 0.1) is 6.92 Å². The van der Waals surface area contributed by atoms with Crippen molar-refractivity contribution in [3.05, 3.63) is 136 Å². The fourth-order valence-electron chi connectivity index (χ4n) is 5.40. The molecule has 1 heterocycles. The van der Waals surface area contributed by atoms with Gasteiger partial charge in [-0.05, 0) is 42.3 Å². The van der Waals surface area contributed by atoms with Gasteiger partial charge in [0.15, 0.2) is 5.78 Å². The maximum atomic E-state index is 14.2. The minimum absolute atomic E-state index is 0.112. The fourth-order valence-corrected chi connectivity index (χ4v) is 5.40. The number of ketones is 1. The molecule has 0 N–H and O–H groups in total. The summed E-state index contributed by atoms with van der Waals surface area (Å²) < 4.78 is 8.20. The van der Waals surface area contributed by atoms with Crippen LogP contribution >= 0.6 is 0 Å². The van der Waals surface area contributed by atoms with Crippen LogP contribution in [0.1, 0.15) is 35.3 Å². The Labute approximate surface area is 226 Å². The van der Waals surface area contributed by atoms with Gasteiger partial charge in [-0.1, -0.05) is 98.3 Å². The first-order valence-corrected chi connectivity index (χ1v) is 13.2. The summed E-state index contributed by atoms with van der Waals surface area (Å²) in [6.07, 6.45) is 0. The molecular formula is C35H27NO3. The molecule has 1 aromatic heterocycles. The van der Waals surface area contributed by atoms with E-state index in [1.165, 1.54) is 0 Å². The third kappa shape index (κ3) is 3.84. The number of nitrogens with zero attached hydrogens (tertiary/aromatic N) is 1. The third-order valence-corrected chi connectivity index (χ3v) is 7.07. The van der Waals surface area contributed by atoms with Crippen molar-refractivity contribution in [3.63, 3.8) is 0 Å². The molecule has 7 rings (SSSR count). The fraction of sp³-hybridized carbons (Fsp3) is 0.0857. The van der Waals surface area contributed by atoms with E-state index < -0.39 is 0 Å². The molecule has 0 saturated carbocycles. The van der Waals surface area contributed by atoms with Crippen LogP contribution in [0.15, 0.2) is 114 Å². The highest BCUT2D eigenvalue weighted by atomic mass is 16.5. The van der Waals surface area contributed by atoms with Crippen molar-refractivity contribution < 1.29 is 9.53 Å². The number of benzene rings is 5. The van der Waals surface area contributed by atoms with E-state index in [1.54, 1.807) is 10.6 Å². The number of aryl methyl sites for hydroxylation is 1. The summed E-state index contributed by atoms with van der Waals surface area (Å²) in [4.78, 5) is 28.0. The van der Waals surface area contributed by atoms with Gasteiger partial charge in [0.2, 0.25) is 0 Å². The Bertz CT molecular complexity index is 1930. The number of carbonyl (C=O) groups excluding carboxylic acids is 1. The Kier molecular flexibility index (Phi) is 6.08. The summed E-state index contributed by atoms with van der Waals surface area (Å²) in [5, 5.41) is 2.35. The van der Waals surface area contributed by atoms with Crippen LogP contribution in [-0.4, -0.2) is 10.4 Å². The van der Waals surface area contributed by atoms with Crippen molar-refractivity contribution in [3.8, 4) is 28.3 Å². The lowest BCUT2D eigenvalue weighted by Gasteiger charge is -2.26. The summed E-state index contributed by atoms with van der Waals surface area (Å²) >= 11 is 0. The van der Waals surface area contributed by atoms with E-state index in [4.69, 9.17) is 4.74 Å². The van der Waals surface area contributed by atoms with Crippen LogP contribution < -0.4 is 10.3 Å². The molecule has 0 amide bonds. The Hall–Kier alpha value is -4.96. The van der Waals surface area contributed by atoms with E-state index in [9.17, 15) is 9.59 Å². The first-order valence-electron chi connectivity index (χ1n) is 13.2. The quantitative estimate of drug-likeness (QED) is 0.224. The smallest absolute Gasteiger partial charge is 0.256 e. The lowest BCUT2D eigenvalue weighted by molar-refractivity contribution is 0.103. The molecule has 4 nitrogen and oxygen atoms in total. The second-order valence-corrected chi connectivity index (χ2v) is 9.33. The largest absolute Gasteiger partial charge is 0.456 e. The molecule has 0 spiro atoms. The standard InChI is InChI=1S/C33H21NO3.C2H6/c1-20-15-17-21(18-16-20)34-28(35)19-27-23-11-5-7-13-25(23)32(36)30-29(27)31(34)24-12-6-8-14-26(24)33(30)37-22-9-3-2-4-10-22;1-2/h2-19H,1H3;1-2H3. The van der Waals surface area contributed by atoms with E-state index in [1.807, 2.05) is 124 Å². The Morgan fingerprint density at radius 2 is 1.26 bits per heavy atom. The molecule has 1 aliphatic rings. The van der Waals surface area contributed by atoms with E-state index in [0.717, 1.165) is 38.5 Å². The Morgan fingerprint density at radius 3 is 1.97 bits per heavy atom. The number of hydrogen-bond donors (Lipinski definition) is 0. The Morgan fingerprint density at radius 1 is 0.641 bits per heavy atom. The van der Waals surface area contributed by atoms with Gasteiger partial charge in [0.1, 0.15) is 11.5 Å². The minimum atomic E-state index is -0.150. The highest BCUT2D eigenvalue weighted by Gasteiger charge is 2.32. The van der Waals surface area contributed by atoms with E-state index >= 15 is 0 Å². The maximum absolute atomic E-state index is 14.2. The van der Waals surface area contributed by atoms with Crippen LogP contribution in [-0.2, 0) is 0 Å². The predicted molar refractivity (Wildman–Crippen MR) is 159 cm³/mol. The van der Waals surface area contributed by atoms with Crippen molar-refractivity contribution in [2.75, 3.05) is 0 Å². The minimum Gasteiger partial charge on any atom is -0.456 e. The number of rotatable bonds is 3. The van der Waals surface area contributed by atoms with Crippen LogP contribution in [0.2, 0.25) is 0 Å². The lowest BCUT2D eigenvalue weighted by atomic mass is 9.82. The number of carbonyl (C=O) groups is 1. The second-order valence-electron chi connectivity index (χ2n) is 9.33. The van der Waals surface area contributed by atoms with Gasteiger partial charge in [0, 0.05) is 33.5 Å². The van der Waals surface area contributed by atoms with Crippen molar-refractivity contribution in [2.24, 2.45) is 0 Å². The van der Waals surface area contributed by atoms with Crippen LogP contribution in [0.25, 0.3) is 38.5 Å². The van der Waals surface area contributed by atoms with Gasteiger partial charge in [-0.25, -0.2) is 0 Å². The molecule has 4 heteroatoms. The summed E-state index contributed by atoms with van der Waals surface area (Å²) in [7, 11) is 0. The van der Waals surface area contributed by atoms with Crippen molar-refractivity contribution in [1.82, 2.24) is 4.57 Å². The third-order valence-electron chi connectivity index (χ3n) is 7.07. The van der Waals surface area contributed by atoms with Crippen molar-refractivity contribution in [2.45, 2.75) is 20.8 Å². The first kappa shape index (κ1) is 24.4. The van der Waals surface area contributed by atoms with Gasteiger partial charge in [-0.15, -0.1) is 0 Å². The molecule has 0 fully saturated rings. The molecule has 0 unspecified atom stereocenters. The summed E-state index contributed by atoms with van der Waals surface area (Å²) in [5.41, 5.74) is 4.97. The zero-order chi connectivity index (χ0) is 27.1. The monoisotopic (exact) mass is 509 g/mol. The van der Waals surface area contributed by atoms with Crippen molar-refractivity contribution in [1.29, 1.82) is 0 Å². The maximum Gasteiger partial charge on any atom is 0.256 e. The summed E-state index contributed by atoms with van der Waals surface area (Å²) in [6, 6.07) is 34.3. The molecular weight excluding hydrogens is 482 g/mol. The molecule has 190 valence electrons. The number of fused-ring (bicyclic) bond motifs is 4. The predicted octanol–water partition coefficient (Wildman–Crippen LogP) is 8.48. The molecule has 0 radical (unpaired) electrons. The summed E-state index contributed by atoms with van der Waals surface area (Å²) in [5.74, 6) is 1.03. The molecule has 0 bridgehead atoms. The van der Waals surface area contributed by atoms with Gasteiger partial charge in [0.05, 0.1) is 11.1 Å². The van der Waals surface area contributed by atoms with Crippen LogP contribution in [0.4, 0.5) is 0 Å². The zero-order valence-electron chi connectivity index (χ0n) is 22.1. The number of hydrogen-bond acceptors (Lipinski definition) is 3. The van der Waals surface area contributed by atoms with Gasteiger partial charge in [-0.3, -0.25) is 14.2 Å². The molecule has 0 saturated heterocycles. The average Bonchev–Trinajstić information content (AvgIpc) is 2.98. The zero-order valence-corrected chi connectivity index (χ0v) is 22.1. The topological polar surface area (TPSA) is 48.3 Å². The molecule has 6 aromatic rings. The second kappa shape index (κ2) is 9.73. The Balaban J connectivity index is 0.00000135. The molecule has 39 heavy (non-hydrogen) atoms. The molecule has 1 aliphatic carbocycles. The SMILES string of the molecule is CC.Cc1ccc(-n2c(=O)cc3c4c(c(Oc5ccccc5)c5ccccc5c42)C(=O)c2ccccc2-3)cc1. The highest BCUT2D eigenvalue weighted by molar-refractivity contribution is 6.31. The first-order chi connectivity index (χ1) is 19.1. The molecule has 5 aromatic carbocycles. The van der Waals surface area contributed by atoms with Gasteiger partial charge < -0.3 is 4.74 Å². The lowest BCUT2D eigenvalue weighted by Crippen LogP contribution is -2.22. The molecule has 0 aliphatic heterocycles. The average molecular weight is 510 g/mol. The van der Waals surface area contributed by atoms with Gasteiger partial charge in [0.25, 0.3) is 5.56 Å².